The van der Waals surface area contributed by atoms with Crippen LogP contribution < -0.4 is 10.2 Å². The molecule has 4 heteroatoms. The molecular weight excluding hydrogens is 388 g/mol. The lowest BCUT2D eigenvalue weighted by molar-refractivity contribution is 0.0979. The lowest BCUT2D eigenvalue weighted by atomic mass is 9.94. The Morgan fingerprint density at radius 1 is 1.07 bits per heavy atom. The van der Waals surface area contributed by atoms with Crippen molar-refractivity contribution in [2.45, 2.75) is 65.3 Å². The Balaban J connectivity index is 0.00000155. The number of hydrogen-bond donors (Lipinski definition) is 2. The second-order valence-electron chi connectivity index (χ2n) is 7.85. The van der Waals surface area contributed by atoms with E-state index in [1.54, 1.807) is 6.26 Å². The molecule has 30 heavy (non-hydrogen) atoms. The zero-order chi connectivity index (χ0) is 21.8. The summed E-state index contributed by atoms with van der Waals surface area (Å²) in [5.74, 6) is 0.281. The van der Waals surface area contributed by atoms with Gasteiger partial charge in [-0.25, -0.2) is 0 Å². The summed E-state index contributed by atoms with van der Waals surface area (Å²) >= 11 is 3.53. The minimum Gasteiger partial charge on any atom is -0.383 e. The summed E-state index contributed by atoms with van der Waals surface area (Å²) in [6.45, 7) is 7.28. The van der Waals surface area contributed by atoms with E-state index in [-0.39, 0.29) is 5.78 Å². The average Bonchev–Trinajstić information content (AvgIpc) is 2.79. The van der Waals surface area contributed by atoms with Gasteiger partial charge in [-0.15, -0.1) is 0 Å². The maximum atomic E-state index is 12.7. The van der Waals surface area contributed by atoms with Crippen LogP contribution >= 0.6 is 12.6 Å². The molecule has 0 saturated carbocycles. The number of unbranched alkanes of at least 4 members (excludes halogenated alkanes) is 2. The molecule has 0 radical (unpaired) electrons. The van der Waals surface area contributed by atoms with Crippen molar-refractivity contribution in [1.29, 1.82) is 0 Å². The van der Waals surface area contributed by atoms with Crippen molar-refractivity contribution < 1.29 is 4.79 Å². The van der Waals surface area contributed by atoms with Crippen molar-refractivity contribution in [1.82, 2.24) is 0 Å². The van der Waals surface area contributed by atoms with Crippen LogP contribution in [0.3, 0.4) is 0 Å². The van der Waals surface area contributed by atoms with Gasteiger partial charge >= 0.3 is 0 Å². The van der Waals surface area contributed by atoms with Gasteiger partial charge in [-0.05, 0) is 55.2 Å². The molecule has 164 valence electrons. The van der Waals surface area contributed by atoms with Crippen LogP contribution in [0, 0.1) is 0 Å². The van der Waals surface area contributed by atoms with Gasteiger partial charge in [0.25, 0.3) is 0 Å². The summed E-state index contributed by atoms with van der Waals surface area (Å²) < 4.78 is 0. The van der Waals surface area contributed by atoms with Crippen LogP contribution in [-0.4, -0.2) is 25.1 Å². The van der Waals surface area contributed by atoms with E-state index >= 15 is 0 Å². The normalized spacial score (nSPS) is 12.6. The molecule has 0 saturated heterocycles. The summed E-state index contributed by atoms with van der Waals surface area (Å²) in [6, 6.07) is 14.9. The molecule has 3 nitrogen and oxygen atoms in total. The number of nitrogens with zero attached hydrogens (tertiary/aromatic N) is 1. The fourth-order valence-corrected chi connectivity index (χ4v) is 3.97. The molecule has 2 aromatic rings. The highest BCUT2D eigenvalue weighted by molar-refractivity contribution is 7.79. The number of thiol groups is 1. The number of nitrogens with one attached hydrogen (secondary N) is 1. The molecule has 3 rings (SSSR count). The number of carbonyl (C=O) groups is 1. The van der Waals surface area contributed by atoms with E-state index in [0.29, 0.717) is 6.42 Å². The molecule has 0 spiro atoms. The van der Waals surface area contributed by atoms with E-state index in [4.69, 9.17) is 0 Å². The summed E-state index contributed by atoms with van der Waals surface area (Å²) in [7, 11) is 0. The largest absolute Gasteiger partial charge is 0.383 e. The van der Waals surface area contributed by atoms with E-state index < -0.39 is 0 Å². The third-order valence-electron chi connectivity index (χ3n) is 5.52. The van der Waals surface area contributed by atoms with Gasteiger partial charge in [-0.3, -0.25) is 4.79 Å². The second kappa shape index (κ2) is 13.4. The second-order valence-corrected chi connectivity index (χ2v) is 7.85. The van der Waals surface area contributed by atoms with Gasteiger partial charge < -0.3 is 10.2 Å². The molecule has 0 atom stereocenters. The fraction of sp³-hybridized carbons (Fsp3) is 0.500. The molecule has 0 bridgehead atoms. The number of benzene rings is 2. The molecule has 0 amide bonds. The molecule has 0 fully saturated rings. The average molecular weight is 427 g/mol. The Hall–Kier alpha value is -1.94. The lowest BCUT2D eigenvalue weighted by Gasteiger charge is -2.34. The predicted octanol–water partition coefficient (Wildman–Crippen LogP) is 6.77. The first-order valence-electron chi connectivity index (χ1n) is 11.4. The minimum absolute atomic E-state index is 0.281. The van der Waals surface area contributed by atoms with Gasteiger partial charge in [0.15, 0.2) is 5.78 Å². The molecule has 2 aromatic carbocycles. The summed E-state index contributed by atoms with van der Waals surface area (Å²) in [6.07, 6.45) is 8.87. The lowest BCUT2D eigenvalue weighted by Crippen LogP contribution is -2.30. The summed E-state index contributed by atoms with van der Waals surface area (Å²) in [5, 5.41) is 3.65. The maximum Gasteiger partial charge on any atom is 0.162 e. The van der Waals surface area contributed by atoms with Gasteiger partial charge in [-0.2, -0.15) is 12.6 Å². The van der Waals surface area contributed by atoms with E-state index in [1.165, 1.54) is 16.8 Å². The summed E-state index contributed by atoms with van der Waals surface area (Å²) in [5.41, 5.74) is 5.98. The molecule has 1 heterocycles. The smallest absolute Gasteiger partial charge is 0.162 e. The Morgan fingerprint density at radius 2 is 1.80 bits per heavy atom. The highest BCUT2D eigenvalue weighted by Crippen LogP contribution is 2.37. The van der Waals surface area contributed by atoms with E-state index in [2.05, 4.69) is 79.2 Å². The quantitative estimate of drug-likeness (QED) is 0.250. The monoisotopic (exact) mass is 426 g/mol. The van der Waals surface area contributed by atoms with E-state index in [1.807, 2.05) is 0 Å². The maximum absolute atomic E-state index is 12.7. The van der Waals surface area contributed by atoms with E-state index in [0.717, 1.165) is 69.4 Å². The zero-order valence-corrected chi connectivity index (χ0v) is 19.8. The third-order valence-corrected chi connectivity index (χ3v) is 5.52. The zero-order valence-electron chi connectivity index (χ0n) is 18.9. The van der Waals surface area contributed by atoms with Gasteiger partial charge in [0.05, 0.1) is 11.4 Å². The molecule has 0 unspecified atom stereocenters. The number of rotatable bonds is 10. The van der Waals surface area contributed by atoms with Crippen molar-refractivity contribution in [2.24, 2.45) is 0 Å². The van der Waals surface area contributed by atoms with E-state index in [9.17, 15) is 4.79 Å². The first-order chi connectivity index (χ1) is 14.7. The molecule has 1 aliphatic rings. The number of ketones is 1. The molecular formula is C26H38N2OS. The van der Waals surface area contributed by atoms with Gasteiger partial charge in [-0.1, -0.05) is 57.0 Å². The van der Waals surface area contributed by atoms with Crippen molar-refractivity contribution in [3.05, 3.63) is 59.2 Å². The number of Topliss-reactive ketones (excluding diaryl/α,β-unsaturated/α-hetero) is 1. The number of fused-ring (bicyclic) bond motifs is 1. The molecule has 0 aliphatic carbocycles. The van der Waals surface area contributed by atoms with Crippen molar-refractivity contribution in [3.63, 3.8) is 0 Å². The van der Waals surface area contributed by atoms with Crippen LogP contribution in [-0.2, 0) is 13.0 Å². The molecule has 0 aromatic heterocycles. The van der Waals surface area contributed by atoms with Crippen LogP contribution in [0.15, 0.2) is 42.5 Å². The van der Waals surface area contributed by atoms with Crippen LogP contribution in [0.5, 0.6) is 0 Å². The Kier molecular flexibility index (Phi) is 10.9. The first-order valence-corrected chi connectivity index (χ1v) is 12.3. The number of aryl methyl sites for hydroxylation is 1. The topological polar surface area (TPSA) is 32.3 Å². The Labute approximate surface area is 188 Å². The van der Waals surface area contributed by atoms with Crippen molar-refractivity contribution in [2.75, 3.05) is 29.6 Å². The molecule has 1 aliphatic heterocycles. The van der Waals surface area contributed by atoms with Crippen LogP contribution in [0.25, 0.3) is 0 Å². The van der Waals surface area contributed by atoms with Crippen LogP contribution in [0.1, 0.15) is 73.9 Å². The highest BCUT2D eigenvalue weighted by Gasteiger charge is 2.23. The SMILES string of the molecule is CCCCNc1cc(C(=O)CCCC)cc2c1N(Cc1ccccc1)CCC2.CS. The third kappa shape index (κ3) is 6.80. The van der Waals surface area contributed by atoms with Gasteiger partial charge in [0, 0.05) is 31.6 Å². The first kappa shape index (κ1) is 24.3. The fourth-order valence-electron chi connectivity index (χ4n) is 3.97. The van der Waals surface area contributed by atoms with Crippen LogP contribution in [0.2, 0.25) is 0 Å². The number of hydrogen-bond acceptors (Lipinski definition) is 4. The summed E-state index contributed by atoms with van der Waals surface area (Å²) in [4.78, 5) is 15.2. The standard InChI is InChI=1S/C25H34N2O.CH4S/c1-3-5-14-24(28)22-17-21-13-10-16-27(19-20-11-8-7-9-12-20)25(21)23(18-22)26-15-6-4-2;1-2/h7-9,11-12,17-18,26H,3-6,10,13-16,19H2,1-2H3;2H,1H3. The van der Waals surface area contributed by atoms with Crippen molar-refractivity contribution >= 4 is 29.8 Å². The Morgan fingerprint density at radius 3 is 2.50 bits per heavy atom. The molecule has 1 N–H and O–H groups in total. The Bertz CT molecular complexity index is 776. The number of carbonyl (C=O) groups excluding carboxylic acids is 1. The highest BCUT2D eigenvalue weighted by atomic mass is 32.1. The van der Waals surface area contributed by atoms with Crippen LogP contribution in [0.4, 0.5) is 11.4 Å². The van der Waals surface area contributed by atoms with Gasteiger partial charge in [0.1, 0.15) is 0 Å². The van der Waals surface area contributed by atoms with Gasteiger partial charge in [0.2, 0.25) is 0 Å². The minimum atomic E-state index is 0.281. The number of anilines is 2. The van der Waals surface area contributed by atoms with Crippen molar-refractivity contribution in [3.8, 4) is 0 Å². The predicted molar refractivity (Wildman–Crippen MR) is 134 cm³/mol.